The first-order chi connectivity index (χ1) is 17.2. The number of thioether (sulfide) groups is 1. The van der Waals surface area contributed by atoms with Crippen LogP contribution >= 0.6 is 46.6 Å². The maximum Gasteiger partial charge on any atom is 0.293 e. The molecule has 0 saturated carbocycles. The monoisotopic (exact) mass is 565 g/mol. The number of carbonyl (C=O) groups excluding carboxylic acids is 2. The van der Waals surface area contributed by atoms with Gasteiger partial charge in [0, 0.05) is 10.0 Å². The van der Waals surface area contributed by atoms with Gasteiger partial charge in [-0.1, -0.05) is 53.0 Å². The molecule has 0 N–H and O–H groups in total. The van der Waals surface area contributed by atoms with Gasteiger partial charge in [-0.3, -0.25) is 14.5 Å². The lowest BCUT2D eigenvalue weighted by Crippen LogP contribution is -2.27. The Hall–Kier alpha value is -2.71. The SMILES string of the molecule is CCOc1cc(/C=C2\SC(=O)N(Cc3ccc(Cl)cc3Cl)C2=O)cc(Cl)c1OCc1ccc(F)cc1. The largest absolute Gasteiger partial charge is 0.490 e. The van der Waals surface area contributed by atoms with Gasteiger partial charge in [0.2, 0.25) is 0 Å². The molecule has 1 saturated heterocycles. The van der Waals surface area contributed by atoms with Crippen molar-refractivity contribution in [2.24, 2.45) is 0 Å². The highest BCUT2D eigenvalue weighted by Gasteiger charge is 2.35. The molecule has 1 aliphatic rings. The minimum absolute atomic E-state index is 0.0269. The summed E-state index contributed by atoms with van der Waals surface area (Å²) < 4.78 is 24.7. The number of rotatable bonds is 8. The molecule has 3 aromatic carbocycles. The van der Waals surface area contributed by atoms with Crippen molar-refractivity contribution >= 4 is 63.8 Å². The van der Waals surface area contributed by atoms with Crippen LogP contribution in [-0.4, -0.2) is 22.7 Å². The van der Waals surface area contributed by atoms with Crippen LogP contribution in [0.5, 0.6) is 11.5 Å². The van der Waals surface area contributed by atoms with Crippen molar-refractivity contribution in [2.75, 3.05) is 6.61 Å². The maximum atomic E-state index is 13.2. The van der Waals surface area contributed by atoms with E-state index in [1.54, 1.807) is 48.5 Å². The topological polar surface area (TPSA) is 55.8 Å². The van der Waals surface area contributed by atoms with Crippen molar-refractivity contribution < 1.29 is 23.5 Å². The third-order valence-corrected chi connectivity index (χ3v) is 6.92. The molecule has 0 aliphatic carbocycles. The molecule has 36 heavy (non-hydrogen) atoms. The maximum absolute atomic E-state index is 13.2. The predicted octanol–water partition coefficient (Wildman–Crippen LogP) is 8.00. The number of halogens is 4. The van der Waals surface area contributed by atoms with E-state index in [-0.39, 0.29) is 28.9 Å². The zero-order valence-electron chi connectivity index (χ0n) is 18.9. The molecule has 1 heterocycles. The van der Waals surface area contributed by atoms with E-state index in [1.807, 2.05) is 6.92 Å². The zero-order valence-corrected chi connectivity index (χ0v) is 22.0. The van der Waals surface area contributed by atoms with E-state index in [1.165, 1.54) is 12.1 Å². The Morgan fingerprint density at radius 1 is 0.972 bits per heavy atom. The fraction of sp³-hybridized carbons (Fsp3) is 0.154. The van der Waals surface area contributed by atoms with Crippen molar-refractivity contribution in [2.45, 2.75) is 20.1 Å². The smallest absolute Gasteiger partial charge is 0.293 e. The van der Waals surface area contributed by atoms with E-state index in [4.69, 9.17) is 44.3 Å². The third kappa shape index (κ3) is 6.16. The molecule has 0 unspecified atom stereocenters. The lowest BCUT2D eigenvalue weighted by Gasteiger charge is -2.15. The van der Waals surface area contributed by atoms with Crippen LogP contribution in [0.15, 0.2) is 59.5 Å². The van der Waals surface area contributed by atoms with Gasteiger partial charge in [0.25, 0.3) is 11.1 Å². The van der Waals surface area contributed by atoms with Crippen molar-refractivity contribution in [3.8, 4) is 11.5 Å². The van der Waals surface area contributed by atoms with Gasteiger partial charge in [-0.2, -0.15) is 0 Å². The number of benzene rings is 3. The molecule has 0 radical (unpaired) electrons. The van der Waals surface area contributed by atoms with Crippen molar-refractivity contribution in [3.05, 3.63) is 97.1 Å². The summed E-state index contributed by atoms with van der Waals surface area (Å²) in [4.78, 5) is 26.9. The first kappa shape index (κ1) is 26.4. The Balaban J connectivity index is 1.55. The summed E-state index contributed by atoms with van der Waals surface area (Å²) >= 11 is 19.5. The van der Waals surface area contributed by atoms with Crippen LogP contribution in [0.2, 0.25) is 15.1 Å². The normalized spacial score (nSPS) is 14.6. The van der Waals surface area contributed by atoms with E-state index in [0.717, 1.165) is 22.2 Å². The second-order valence-electron chi connectivity index (χ2n) is 7.68. The predicted molar refractivity (Wildman–Crippen MR) is 141 cm³/mol. The van der Waals surface area contributed by atoms with Crippen molar-refractivity contribution in [1.82, 2.24) is 4.90 Å². The Morgan fingerprint density at radius 2 is 1.72 bits per heavy atom. The van der Waals surface area contributed by atoms with Gasteiger partial charge in [-0.15, -0.1) is 0 Å². The fourth-order valence-electron chi connectivity index (χ4n) is 3.42. The molecule has 0 atom stereocenters. The number of imide groups is 1. The Labute approximate surface area is 226 Å². The number of ether oxygens (including phenoxy) is 2. The van der Waals surface area contributed by atoms with Crippen LogP contribution < -0.4 is 9.47 Å². The lowest BCUT2D eigenvalue weighted by molar-refractivity contribution is -0.123. The van der Waals surface area contributed by atoms with Crippen molar-refractivity contribution in [1.29, 1.82) is 0 Å². The summed E-state index contributed by atoms with van der Waals surface area (Å²) in [5.41, 5.74) is 1.93. The molecule has 0 spiro atoms. The van der Waals surface area contributed by atoms with E-state index < -0.39 is 11.1 Å². The van der Waals surface area contributed by atoms with Gasteiger partial charge >= 0.3 is 0 Å². The molecule has 1 fully saturated rings. The molecule has 186 valence electrons. The average Bonchev–Trinajstić information content (AvgIpc) is 3.08. The first-order valence-electron chi connectivity index (χ1n) is 10.8. The standard InChI is InChI=1S/C26H19Cl3FNO4S/c1-2-34-22-10-16(9-21(29)24(22)35-14-15-3-7-19(30)8-4-15)11-23-25(32)31(26(33)36-23)13-17-5-6-18(27)12-20(17)28/h3-12H,2,13-14H2,1H3/b23-11-. The Morgan fingerprint density at radius 3 is 2.42 bits per heavy atom. The van der Waals surface area contributed by atoms with E-state index in [2.05, 4.69) is 0 Å². The molecule has 10 heteroatoms. The highest BCUT2D eigenvalue weighted by molar-refractivity contribution is 8.18. The highest BCUT2D eigenvalue weighted by atomic mass is 35.5. The summed E-state index contributed by atoms with van der Waals surface area (Å²) in [7, 11) is 0. The molecule has 0 aromatic heterocycles. The first-order valence-corrected chi connectivity index (χ1v) is 12.7. The Bertz CT molecular complexity index is 1350. The molecule has 3 aromatic rings. The quantitative estimate of drug-likeness (QED) is 0.259. The highest BCUT2D eigenvalue weighted by Crippen LogP contribution is 2.40. The van der Waals surface area contributed by atoms with Crippen LogP contribution in [0.4, 0.5) is 9.18 Å². The van der Waals surface area contributed by atoms with Gasteiger partial charge in [0.15, 0.2) is 11.5 Å². The number of hydrogen-bond donors (Lipinski definition) is 0. The molecule has 1 aliphatic heterocycles. The van der Waals surface area contributed by atoms with E-state index >= 15 is 0 Å². The van der Waals surface area contributed by atoms with Crippen LogP contribution in [0.3, 0.4) is 0 Å². The third-order valence-electron chi connectivity index (χ3n) is 5.14. The zero-order chi connectivity index (χ0) is 25.8. The van der Waals surface area contributed by atoms with E-state index in [0.29, 0.717) is 39.3 Å². The molecular weight excluding hydrogens is 548 g/mol. The molecule has 4 rings (SSSR count). The van der Waals surface area contributed by atoms with Crippen molar-refractivity contribution in [3.63, 3.8) is 0 Å². The van der Waals surface area contributed by atoms with Crippen LogP contribution in [-0.2, 0) is 17.9 Å². The van der Waals surface area contributed by atoms with Crippen LogP contribution in [0.1, 0.15) is 23.6 Å². The second-order valence-corrected chi connectivity index (χ2v) is 9.93. The molecule has 2 amide bonds. The van der Waals surface area contributed by atoms with Crippen LogP contribution in [0.25, 0.3) is 6.08 Å². The molecule has 0 bridgehead atoms. The van der Waals surface area contributed by atoms with Gasteiger partial charge in [-0.25, -0.2) is 4.39 Å². The molecular formula is C26H19Cl3FNO4S. The number of nitrogens with zero attached hydrogens (tertiary/aromatic N) is 1. The van der Waals surface area contributed by atoms with Crippen LogP contribution in [0, 0.1) is 5.82 Å². The van der Waals surface area contributed by atoms with Gasteiger partial charge in [0.1, 0.15) is 12.4 Å². The minimum Gasteiger partial charge on any atom is -0.490 e. The number of amides is 2. The summed E-state index contributed by atoms with van der Waals surface area (Å²) in [6.45, 7) is 2.35. The minimum atomic E-state index is -0.443. The average molecular weight is 567 g/mol. The fourth-order valence-corrected chi connectivity index (χ4v) is 5.00. The summed E-state index contributed by atoms with van der Waals surface area (Å²) in [6, 6.07) is 14.1. The van der Waals surface area contributed by atoms with Gasteiger partial charge < -0.3 is 9.47 Å². The summed E-state index contributed by atoms with van der Waals surface area (Å²) in [6.07, 6.45) is 1.58. The van der Waals surface area contributed by atoms with E-state index in [9.17, 15) is 14.0 Å². The molecule has 5 nitrogen and oxygen atoms in total. The van der Waals surface area contributed by atoms with Gasteiger partial charge in [-0.05, 0) is 77.9 Å². The number of carbonyl (C=O) groups is 2. The Kier molecular flexibility index (Phi) is 8.46. The lowest BCUT2D eigenvalue weighted by atomic mass is 10.1. The van der Waals surface area contributed by atoms with Gasteiger partial charge in [0.05, 0.1) is 23.1 Å². The second kappa shape index (κ2) is 11.6. The summed E-state index contributed by atoms with van der Waals surface area (Å²) in [5.74, 6) is -0.0745. The number of hydrogen-bond acceptors (Lipinski definition) is 5. The summed E-state index contributed by atoms with van der Waals surface area (Å²) in [5, 5.41) is 0.689.